The lowest BCUT2D eigenvalue weighted by Gasteiger charge is -2.24. The molecule has 0 atom stereocenters. The van der Waals surface area contributed by atoms with E-state index in [0.29, 0.717) is 11.5 Å². The number of allylic oxidation sites excluding steroid dienone is 13. The van der Waals surface area contributed by atoms with E-state index in [-0.39, 0.29) is 0 Å². The summed E-state index contributed by atoms with van der Waals surface area (Å²) in [6.07, 6.45) is 23.2. The molecule has 71 heavy (non-hydrogen) atoms. The number of fused-ring (bicyclic) bond motifs is 3. The van der Waals surface area contributed by atoms with Gasteiger partial charge in [-0.2, -0.15) is 0 Å². The van der Waals surface area contributed by atoms with E-state index in [1.54, 1.807) is 0 Å². The van der Waals surface area contributed by atoms with Gasteiger partial charge in [-0.15, -0.1) is 0 Å². The number of benzene rings is 5. The molecule has 2 bridgehead atoms. The van der Waals surface area contributed by atoms with Crippen molar-refractivity contribution in [3.8, 4) is 56.5 Å². The van der Waals surface area contributed by atoms with Crippen LogP contribution in [0.15, 0.2) is 265 Å². The smallest absolute Gasteiger partial charge is 0.160 e. The fourth-order valence-electron chi connectivity index (χ4n) is 9.78. The zero-order valence-corrected chi connectivity index (χ0v) is 39.1. The van der Waals surface area contributed by atoms with Gasteiger partial charge in [0.2, 0.25) is 0 Å². The van der Waals surface area contributed by atoms with Gasteiger partial charge < -0.3 is 0 Å². The first-order chi connectivity index (χ1) is 35.2. The quantitative estimate of drug-likeness (QED) is 0.145. The Balaban J connectivity index is 1.06. The van der Waals surface area contributed by atoms with Crippen LogP contribution in [-0.2, 0) is 0 Å². The highest BCUT2D eigenvalue weighted by Gasteiger charge is 2.25. The van der Waals surface area contributed by atoms with Gasteiger partial charge in [-0.1, -0.05) is 188 Å². The number of rotatable bonds is 9. The highest BCUT2D eigenvalue weighted by atomic mass is 15.0. The molecule has 0 amide bonds. The van der Waals surface area contributed by atoms with Crippen LogP contribution in [0.5, 0.6) is 0 Å². The average Bonchev–Trinajstić information content (AvgIpc) is 3.87. The number of aliphatic imine (C=N–C) groups is 1. The Morgan fingerprint density at radius 2 is 1.08 bits per heavy atom. The number of nitrogens with zero attached hydrogens (tertiary/aromatic N) is 6. The molecule has 2 aliphatic carbocycles. The van der Waals surface area contributed by atoms with Crippen LogP contribution < -0.4 is 0 Å². The minimum atomic E-state index is 0.625. The van der Waals surface area contributed by atoms with Crippen molar-refractivity contribution in [2.45, 2.75) is 25.7 Å². The largest absolute Gasteiger partial charge is 0.299 e. The summed E-state index contributed by atoms with van der Waals surface area (Å²) in [6, 6.07) is 65.2. The van der Waals surface area contributed by atoms with Crippen LogP contribution in [0.25, 0.3) is 78.9 Å². The summed E-state index contributed by atoms with van der Waals surface area (Å²) < 4.78 is 2.15. The molecule has 0 saturated carbocycles. The maximum atomic E-state index is 5.50. The molecule has 6 heteroatoms. The van der Waals surface area contributed by atoms with Crippen molar-refractivity contribution < 1.29 is 0 Å². The Kier molecular flexibility index (Phi) is 11.8. The Bertz CT molecular complexity index is 3700. The highest BCUT2D eigenvalue weighted by Crippen LogP contribution is 2.42. The van der Waals surface area contributed by atoms with Gasteiger partial charge in [-0.25, -0.2) is 19.9 Å². The maximum absolute atomic E-state index is 5.50. The van der Waals surface area contributed by atoms with Crippen molar-refractivity contribution in [2.75, 3.05) is 0 Å². The average molecular weight is 913 g/mol. The third kappa shape index (κ3) is 9.03. The number of pyridine rings is 2. The lowest BCUT2D eigenvalue weighted by molar-refractivity contribution is 0.836. The SMILES string of the molecule is C1=C\C=C2\CC(=NC(C3=C/C(c4ccccc4)=C\C(c4cc(-c5cc(-c6ccccc6)cc(-c6nc7ccccn7c6-c6ccccc6)n5)nc(-c5ccccc5)n4)=C\CCC\3)=C2c2ccccc2)\C=C/1. The van der Waals surface area contributed by atoms with Crippen LogP contribution in [0.3, 0.4) is 0 Å². The molecular formula is C65H48N6. The van der Waals surface area contributed by atoms with E-state index >= 15 is 0 Å². The third-order valence-corrected chi connectivity index (χ3v) is 13.2. The summed E-state index contributed by atoms with van der Waals surface area (Å²) in [5.74, 6) is 0.625. The van der Waals surface area contributed by atoms with Gasteiger partial charge in [0.15, 0.2) is 5.82 Å². The Hall–Kier alpha value is -9.13. The number of hydrogen-bond acceptors (Lipinski definition) is 5. The van der Waals surface area contributed by atoms with E-state index in [9.17, 15) is 0 Å². The molecular weight excluding hydrogens is 865 g/mol. The van der Waals surface area contributed by atoms with Crippen LogP contribution in [0, 0.1) is 0 Å². The Morgan fingerprint density at radius 3 is 1.83 bits per heavy atom. The lowest BCUT2D eigenvalue weighted by Crippen LogP contribution is -2.10. The van der Waals surface area contributed by atoms with Gasteiger partial charge in [-0.05, 0) is 112 Å². The van der Waals surface area contributed by atoms with E-state index in [2.05, 4.69) is 199 Å². The minimum Gasteiger partial charge on any atom is -0.299 e. The summed E-state index contributed by atoms with van der Waals surface area (Å²) >= 11 is 0. The number of hydrogen-bond donors (Lipinski definition) is 0. The molecule has 4 aromatic heterocycles. The molecule has 0 fully saturated rings. The summed E-state index contributed by atoms with van der Waals surface area (Å²) in [5, 5.41) is 0. The predicted octanol–water partition coefficient (Wildman–Crippen LogP) is 15.7. The van der Waals surface area contributed by atoms with E-state index in [1.165, 1.54) is 22.3 Å². The Labute approximate surface area is 414 Å². The van der Waals surface area contributed by atoms with Crippen LogP contribution in [-0.4, -0.2) is 30.0 Å². The second kappa shape index (κ2) is 19.5. The molecule has 338 valence electrons. The van der Waals surface area contributed by atoms with Crippen LogP contribution in [0.2, 0.25) is 0 Å². The molecule has 0 spiro atoms. The second-order valence-electron chi connectivity index (χ2n) is 17.9. The van der Waals surface area contributed by atoms with Crippen molar-refractivity contribution in [3.05, 3.63) is 277 Å². The molecule has 6 nitrogen and oxygen atoms in total. The van der Waals surface area contributed by atoms with Crippen LogP contribution >= 0.6 is 0 Å². The highest BCUT2D eigenvalue weighted by molar-refractivity contribution is 6.05. The van der Waals surface area contributed by atoms with Gasteiger partial charge >= 0.3 is 0 Å². The lowest BCUT2D eigenvalue weighted by atomic mass is 9.85. The van der Waals surface area contributed by atoms with Crippen LogP contribution in [0.4, 0.5) is 0 Å². The van der Waals surface area contributed by atoms with E-state index < -0.39 is 0 Å². The first-order valence-electron chi connectivity index (χ1n) is 24.3. The monoisotopic (exact) mass is 912 g/mol. The summed E-state index contributed by atoms with van der Waals surface area (Å²) in [7, 11) is 0. The van der Waals surface area contributed by atoms with Crippen LogP contribution in [0.1, 0.15) is 42.5 Å². The first kappa shape index (κ1) is 43.2. The van der Waals surface area contributed by atoms with E-state index in [1.807, 2.05) is 48.5 Å². The zero-order valence-electron chi connectivity index (χ0n) is 39.1. The second-order valence-corrected chi connectivity index (χ2v) is 17.9. The first-order valence-corrected chi connectivity index (χ1v) is 24.3. The number of imidazole rings is 1. The fourth-order valence-corrected chi connectivity index (χ4v) is 9.78. The van der Waals surface area contributed by atoms with Crippen molar-refractivity contribution >= 4 is 28.1 Å². The van der Waals surface area contributed by atoms with Crippen molar-refractivity contribution in [1.82, 2.24) is 24.3 Å². The van der Waals surface area contributed by atoms with Crippen molar-refractivity contribution in [3.63, 3.8) is 0 Å². The number of aromatic nitrogens is 5. The van der Waals surface area contributed by atoms with Gasteiger partial charge in [0.1, 0.15) is 11.3 Å². The zero-order chi connectivity index (χ0) is 47.3. The fraction of sp³-hybridized carbons (Fsp3) is 0.0615. The molecule has 0 unspecified atom stereocenters. The van der Waals surface area contributed by atoms with Gasteiger partial charge in [0.05, 0.1) is 34.2 Å². The van der Waals surface area contributed by atoms with Gasteiger partial charge in [0.25, 0.3) is 0 Å². The topological polar surface area (TPSA) is 68.3 Å². The molecule has 0 radical (unpaired) electrons. The predicted molar refractivity (Wildman–Crippen MR) is 292 cm³/mol. The molecule has 9 aromatic rings. The molecule has 0 saturated heterocycles. The molecule has 12 rings (SSSR count). The van der Waals surface area contributed by atoms with Gasteiger partial charge in [-0.3, -0.25) is 9.39 Å². The minimum absolute atomic E-state index is 0.625. The van der Waals surface area contributed by atoms with E-state index in [4.69, 9.17) is 24.9 Å². The molecule has 3 aliphatic rings. The Morgan fingerprint density at radius 1 is 0.451 bits per heavy atom. The maximum Gasteiger partial charge on any atom is 0.160 e. The van der Waals surface area contributed by atoms with E-state index in [0.717, 1.165) is 110 Å². The van der Waals surface area contributed by atoms with Crippen molar-refractivity contribution in [1.29, 1.82) is 0 Å². The molecule has 0 N–H and O–H groups in total. The standard InChI is InChI=1S/C65H48N6/c1-7-23-45(24-8-1)53-39-50(33-19-20-35-52(40-53)62-61(47-27-11-3-12-28-47)51-34-17-6-18-36-55(41-51)66-62)56-44-58(69-65(68-56)49-31-15-5-16-32-49)57-42-54(46-25-9-2-10-26-46)43-59(67-57)63-64(48-29-13-4-14-30-48)71-38-22-21-37-60(71)70-63/h1-18,21-34,36-40,42-44H,19-20,35,41H2/b17-6-,18-6?,34-17?,36-18-,50-33-,51-34-,52-40+,53-39+,55-36?. The summed E-state index contributed by atoms with van der Waals surface area (Å²) in [4.78, 5) is 27.0. The normalized spacial score (nSPS) is 18.6. The van der Waals surface area contributed by atoms with Crippen molar-refractivity contribution in [2.24, 2.45) is 4.99 Å². The summed E-state index contributed by atoms with van der Waals surface area (Å²) in [5.41, 5.74) is 19.8. The summed E-state index contributed by atoms with van der Waals surface area (Å²) in [6.45, 7) is 0. The third-order valence-electron chi connectivity index (χ3n) is 13.2. The molecule has 1 aliphatic heterocycles. The van der Waals surface area contributed by atoms with Gasteiger partial charge in [0, 0.05) is 35.0 Å². The molecule has 5 heterocycles. The molecule has 5 aromatic carbocycles.